The molecule has 0 saturated carbocycles. The SMILES string of the molecule is Cc1cccc([C@@H]2CCCN2C(=O)Nc2ccc3c(c2)OCCO3)c1. The number of nitrogens with zero attached hydrogens (tertiary/aromatic N) is 1. The van der Waals surface area contributed by atoms with Crippen molar-refractivity contribution in [3.63, 3.8) is 0 Å². The van der Waals surface area contributed by atoms with Crippen molar-refractivity contribution in [2.45, 2.75) is 25.8 Å². The third kappa shape index (κ3) is 3.27. The van der Waals surface area contributed by atoms with Gasteiger partial charge in [0.25, 0.3) is 0 Å². The topological polar surface area (TPSA) is 50.8 Å². The van der Waals surface area contributed by atoms with Gasteiger partial charge in [0.2, 0.25) is 0 Å². The Hall–Kier alpha value is -2.69. The lowest BCUT2D eigenvalue weighted by Crippen LogP contribution is -2.34. The number of nitrogens with one attached hydrogen (secondary N) is 1. The summed E-state index contributed by atoms with van der Waals surface area (Å²) in [6, 6.07) is 14.0. The normalized spacial score (nSPS) is 18.9. The van der Waals surface area contributed by atoms with Gasteiger partial charge in [-0.05, 0) is 37.5 Å². The van der Waals surface area contributed by atoms with Gasteiger partial charge < -0.3 is 19.7 Å². The lowest BCUT2D eigenvalue weighted by molar-refractivity contribution is 0.171. The molecular weight excluding hydrogens is 316 g/mol. The van der Waals surface area contributed by atoms with E-state index in [4.69, 9.17) is 9.47 Å². The molecule has 1 atom stereocenters. The van der Waals surface area contributed by atoms with Crippen molar-refractivity contribution in [3.05, 3.63) is 53.6 Å². The summed E-state index contributed by atoms with van der Waals surface area (Å²) in [5.41, 5.74) is 3.15. The first-order valence-electron chi connectivity index (χ1n) is 8.74. The number of rotatable bonds is 2. The van der Waals surface area contributed by atoms with E-state index < -0.39 is 0 Å². The molecule has 2 aliphatic heterocycles. The van der Waals surface area contributed by atoms with Gasteiger partial charge in [-0.15, -0.1) is 0 Å². The molecule has 2 heterocycles. The minimum atomic E-state index is -0.0688. The number of hydrogen-bond acceptors (Lipinski definition) is 3. The van der Waals surface area contributed by atoms with Crippen molar-refractivity contribution in [2.24, 2.45) is 0 Å². The summed E-state index contributed by atoms with van der Waals surface area (Å²) in [5.74, 6) is 1.41. The molecule has 1 fully saturated rings. The summed E-state index contributed by atoms with van der Waals surface area (Å²) in [7, 11) is 0. The molecule has 1 N–H and O–H groups in total. The molecular formula is C20H22N2O3. The zero-order valence-corrected chi connectivity index (χ0v) is 14.3. The first-order chi connectivity index (χ1) is 12.2. The monoisotopic (exact) mass is 338 g/mol. The molecule has 0 aromatic heterocycles. The Morgan fingerprint density at radius 3 is 2.80 bits per heavy atom. The Morgan fingerprint density at radius 2 is 1.96 bits per heavy atom. The van der Waals surface area contributed by atoms with E-state index in [9.17, 15) is 4.79 Å². The number of ether oxygens (including phenoxy) is 2. The number of amides is 2. The second-order valence-electron chi connectivity index (χ2n) is 6.55. The van der Waals surface area contributed by atoms with Crippen molar-refractivity contribution in [1.29, 1.82) is 0 Å². The van der Waals surface area contributed by atoms with Gasteiger partial charge in [-0.2, -0.15) is 0 Å². The molecule has 2 aromatic rings. The van der Waals surface area contributed by atoms with Gasteiger partial charge in [0, 0.05) is 18.3 Å². The molecule has 2 aromatic carbocycles. The van der Waals surface area contributed by atoms with Gasteiger partial charge in [0.05, 0.1) is 6.04 Å². The van der Waals surface area contributed by atoms with Crippen LogP contribution in [-0.2, 0) is 0 Å². The van der Waals surface area contributed by atoms with Crippen LogP contribution in [0.25, 0.3) is 0 Å². The highest BCUT2D eigenvalue weighted by molar-refractivity contribution is 5.90. The number of likely N-dealkylation sites (tertiary alicyclic amines) is 1. The van der Waals surface area contributed by atoms with E-state index in [1.54, 1.807) is 0 Å². The summed E-state index contributed by atoms with van der Waals surface area (Å²) in [6.45, 7) is 3.95. The third-order valence-corrected chi connectivity index (χ3v) is 4.73. The van der Waals surface area contributed by atoms with Crippen molar-refractivity contribution in [3.8, 4) is 11.5 Å². The van der Waals surface area contributed by atoms with Crippen LogP contribution in [0.1, 0.15) is 30.0 Å². The highest BCUT2D eigenvalue weighted by atomic mass is 16.6. The lowest BCUT2D eigenvalue weighted by atomic mass is 10.0. The molecule has 2 amide bonds. The van der Waals surface area contributed by atoms with Crippen LogP contribution in [-0.4, -0.2) is 30.7 Å². The van der Waals surface area contributed by atoms with Crippen LogP contribution in [0.3, 0.4) is 0 Å². The number of urea groups is 1. The fourth-order valence-electron chi connectivity index (χ4n) is 3.55. The van der Waals surface area contributed by atoms with Crippen molar-refractivity contribution in [2.75, 3.05) is 25.1 Å². The minimum absolute atomic E-state index is 0.0688. The fourth-order valence-corrected chi connectivity index (χ4v) is 3.55. The maximum Gasteiger partial charge on any atom is 0.322 e. The molecule has 0 aliphatic carbocycles. The average Bonchev–Trinajstić information content (AvgIpc) is 3.11. The number of carbonyl (C=O) groups excluding carboxylic acids is 1. The number of anilines is 1. The molecule has 0 bridgehead atoms. The van der Waals surface area contributed by atoms with Gasteiger partial charge >= 0.3 is 6.03 Å². The maximum atomic E-state index is 12.8. The molecule has 25 heavy (non-hydrogen) atoms. The summed E-state index contributed by atoms with van der Waals surface area (Å²) in [4.78, 5) is 14.7. The van der Waals surface area contributed by atoms with Gasteiger partial charge in [0.15, 0.2) is 11.5 Å². The van der Waals surface area contributed by atoms with Crippen LogP contribution in [0.15, 0.2) is 42.5 Å². The van der Waals surface area contributed by atoms with Gasteiger partial charge in [0.1, 0.15) is 13.2 Å². The first kappa shape index (κ1) is 15.8. The quantitative estimate of drug-likeness (QED) is 0.895. The molecule has 5 heteroatoms. The average molecular weight is 338 g/mol. The van der Waals surface area contributed by atoms with Gasteiger partial charge in [-0.25, -0.2) is 4.79 Å². The van der Waals surface area contributed by atoms with E-state index in [0.717, 1.165) is 30.8 Å². The predicted octanol–water partition coefficient (Wildman–Crippen LogP) is 4.14. The predicted molar refractivity (Wildman–Crippen MR) is 96.3 cm³/mol. The molecule has 0 unspecified atom stereocenters. The summed E-state index contributed by atoms with van der Waals surface area (Å²) in [6.07, 6.45) is 2.02. The second-order valence-corrected chi connectivity index (χ2v) is 6.55. The molecule has 0 radical (unpaired) electrons. The Labute approximate surface area is 147 Å². The zero-order chi connectivity index (χ0) is 17.2. The Morgan fingerprint density at radius 1 is 1.12 bits per heavy atom. The molecule has 4 rings (SSSR count). The smallest absolute Gasteiger partial charge is 0.322 e. The van der Waals surface area contributed by atoms with Crippen LogP contribution in [0.2, 0.25) is 0 Å². The van der Waals surface area contributed by atoms with E-state index in [2.05, 4.69) is 36.5 Å². The summed E-state index contributed by atoms with van der Waals surface area (Å²) in [5, 5.41) is 3.00. The molecule has 1 saturated heterocycles. The van der Waals surface area contributed by atoms with Crippen molar-refractivity contribution < 1.29 is 14.3 Å². The Kier molecular flexibility index (Phi) is 4.22. The molecule has 0 spiro atoms. The first-order valence-corrected chi connectivity index (χ1v) is 8.74. The summed E-state index contributed by atoms with van der Waals surface area (Å²) >= 11 is 0. The number of benzene rings is 2. The van der Waals surface area contributed by atoms with Crippen LogP contribution in [0.5, 0.6) is 11.5 Å². The molecule has 5 nitrogen and oxygen atoms in total. The summed E-state index contributed by atoms with van der Waals surface area (Å²) < 4.78 is 11.1. The maximum absolute atomic E-state index is 12.8. The molecule has 2 aliphatic rings. The number of carbonyl (C=O) groups is 1. The largest absolute Gasteiger partial charge is 0.486 e. The third-order valence-electron chi connectivity index (χ3n) is 4.73. The van der Waals surface area contributed by atoms with Crippen LogP contribution >= 0.6 is 0 Å². The number of fused-ring (bicyclic) bond motifs is 1. The Bertz CT molecular complexity index is 790. The van der Waals surface area contributed by atoms with Crippen LogP contribution in [0, 0.1) is 6.92 Å². The van der Waals surface area contributed by atoms with E-state index in [0.29, 0.717) is 19.0 Å². The van der Waals surface area contributed by atoms with E-state index >= 15 is 0 Å². The van der Waals surface area contributed by atoms with Crippen LogP contribution < -0.4 is 14.8 Å². The van der Waals surface area contributed by atoms with Gasteiger partial charge in [-0.1, -0.05) is 29.8 Å². The minimum Gasteiger partial charge on any atom is -0.486 e. The van der Waals surface area contributed by atoms with E-state index in [1.807, 2.05) is 23.1 Å². The van der Waals surface area contributed by atoms with Gasteiger partial charge in [-0.3, -0.25) is 0 Å². The number of aryl methyl sites for hydroxylation is 1. The molecule has 130 valence electrons. The number of hydrogen-bond donors (Lipinski definition) is 1. The second kappa shape index (κ2) is 6.67. The van der Waals surface area contributed by atoms with Crippen molar-refractivity contribution in [1.82, 2.24) is 4.90 Å². The lowest BCUT2D eigenvalue weighted by Gasteiger charge is -2.26. The standard InChI is InChI=1S/C20H22N2O3/c1-14-4-2-5-15(12-14)17-6-3-9-22(17)20(23)21-16-7-8-18-19(13-16)25-11-10-24-18/h2,4-5,7-8,12-13,17H,3,6,9-11H2,1H3,(H,21,23)/t17-/m0/s1. The fraction of sp³-hybridized carbons (Fsp3) is 0.350. The van der Waals surface area contributed by atoms with Crippen molar-refractivity contribution >= 4 is 11.7 Å². The Balaban J connectivity index is 1.50. The zero-order valence-electron chi connectivity index (χ0n) is 14.3. The van der Waals surface area contributed by atoms with Crippen LogP contribution in [0.4, 0.5) is 10.5 Å². The highest BCUT2D eigenvalue weighted by Crippen LogP contribution is 2.35. The van der Waals surface area contributed by atoms with E-state index in [-0.39, 0.29) is 12.1 Å². The highest BCUT2D eigenvalue weighted by Gasteiger charge is 2.30. The van der Waals surface area contributed by atoms with E-state index in [1.165, 1.54) is 11.1 Å².